The van der Waals surface area contributed by atoms with E-state index in [9.17, 15) is 4.79 Å². The summed E-state index contributed by atoms with van der Waals surface area (Å²) >= 11 is 6.24. The number of halogens is 1. The predicted octanol–water partition coefficient (Wildman–Crippen LogP) is 5.14. The number of nitrogens with two attached hydrogens (primary N) is 2. The number of carbonyl (C=O) groups is 1. The maximum atomic E-state index is 14.2. The summed E-state index contributed by atoms with van der Waals surface area (Å²) < 4.78 is 7.62. The van der Waals surface area contributed by atoms with Gasteiger partial charge in [0.1, 0.15) is 11.9 Å². The molecule has 196 valence electrons. The van der Waals surface area contributed by atoms with Crippen molar-refractivity contribution >= 4 is 34.6 Å². The van der Waals surface area contributed by atoms with Gasteiger partial charge in [0.2, 0.25) is 5.88 Å². The molecule has 1 atom stereocenters. The Morgan fingerprint density at radius 2 is 1.87 bits per heavy atom. The van der Waals surface area contributed by atoms with Crippen molar-refractivity contribution in [2.24, 2.45) is 5.84 Å². The Labute approximate surface area is 226 Å². The summed E-state index contributed by atoms with van der Waals surface area (Å²) in [7, 11) is 3.29. The number of amides is 1. The van der Waals surface area contributed by atoms with Crippen LogP contribution in [0.3, 0.4) is 0 Å². The normalized spacial score (nSPS) is 14.8. The van der Waals surface area contributed by atoms with Crippen molar-refractivity contribution in [2.75, 3.05) is 29.8 Å². The van der Waals surface area contributed by atoms with Crippen molar-refractivity contribution in [1.29, 1.82) is 0 Å². The molecule has 4 N–H and O–H groups in total. The van der Waals surface area contributed by atoms with Crippen LogP contribution < -0.4 is 26.2 Å². The van der Waals surface area contributed by atoms with Crippen molar-refractivity contribution in [2.45, 2.75) is 32.9 Å². The number of nitrogens with zero attached hydrogens (tertiary/aromatic N) is 5. The van der Waals surface area contributed by atoms with Gasteiger partial charge in [-0.25, -0.2) is 15.8 Å². The molecular formula is C28H30ClN7O2. The monoisotopic (exact) mass is 531 g/mol. The lowest BCUT2D eigenvalue weighted by molar-refractivity contribution is 0.0989. The Bertz CT molecular complexity index is 1530. The molecule has 9 nitrogen and oxygen atoms in total. The van der Waals surface area contributed by atoms with Crippen LogP contribution in [0.1, 0.15) is 53.2 Å². The minimum absolute atomic E-state index is 0.0207. The van der Waals surface area contributed by atoms with E-state index in [0.717, 1.165) is 16.8 Å². The largest absolute Gasteiger partial charge is 0.480 e. The fourth-order valence-corrected chi connectivity index (χ4v) is 5.19. The molecule has 0 fully saturated rings. The molecule has 3 heterocycles. The molecule has 38 heavy (non-hydrogen) atoms. The fraction of sp³-hybridized carbons (Fsp3) is 0.250. The summed E-state index contributed by atoms with van der Waals surface area (Å²) in [6.07, 6.45) is 1.66. The molecule has 0 aliphatic carbocycles. The van der Waals surface area contributed by atoms with Crippen LogP contribution in [0.15, 0.2) is 54.7 Å². The van der Waals surface area contributed by atoms with Crippen LogP contribution in [0.5, 0.6) is 5.88 Å². The second-order valence-corrected chi connectivity index (χ2v) is 10.1. The van der Waals surface area contributed by atoms with Gasteiger partial charge in [-0.2, -0.15) is 0 Å². The Morgan fingerprint density at radius 1 is 1.16 bits per heavy atom. The molecule has 1 aliphatic rings. The number of ether oxygens (including phenoxy) is 1. The van der Waals surface area contributed by atoms with E-state index in [1.807, 2.05) is 55.5 Å². The smallest absolute Gasteiger partial charge is 0.279 e. The first-order chi connectivity index (χ1) is 18.1. The zero-order valence-corrected chi connectivity index (χ0v) is 22.7. The molecule has 10 heteroatoms. The first-order valence-corrected chi connectivity index (χ1v) is 12.6. The summed E-state index contributed by atoms with van der Waals surface area (Å²) in [5.74, 6) is 6.93. The molecule has 0 spiro atoms. The highest BCUT2D eigenvalue weighted by molar-refractivity contribution is 6.30. The maximum Gasteiger partial charge on any atom is 0.279 e. The lowest BCUT2D eigenvalue weighted by Crippen LogP contribution is -2.31. The highest BCUT2D eigenvalue weighted by Gasteiger charge is 2.45. The first-order valence-electron chi connectivity index (χ1n) is 12.2. The van der Waals surface area contributed by atoms with Gasteiger partial charge in [-0.3, -0.25) is 9.69 Å². The van der Waals surface area contributed by atoms with E-state index >= 15 is 0 Å². The molecule has 1 aliphatic heterocycles. The molecule has 4 aromatic rings. The summed E-state index contributed by atoms with van der Waals surface area (Å²) in [4.78, 5) is 25.2. The van der Waals surface area contributed by atoms with Gasteiger partial charge in [-0.15, -0.1) is 0 Å². The molecule has 0 bridgehead atoms. The number of methoxy groups -OCH3 is 1. The molecular weight excluding hydrogens is 502 g/mol. The Balaban J connectivity index is 1.79. The van der Waals surface area contributed by atoms with Crippen LogP contribution in [0.25, 0.3) is 11.4 Å². The van der Waals surface area contributed by atoms with Crippen molar-refractivity contribution in [3.05, 3.63) is 82.3 Å². The van der Waals surface area contributed by atoms with Crippen molar-refractivity contribution in [3.63, 3.8) is 0 Å². The molecule has 2 aromatic carbocycles. The topological polar surface area (TPSA) is 116 Å². The molecule has 0 radical (unpaired) electrons. The number of hydrogen-bond acceptors (Lipinski definition) is 7. The van der Waals surface area contributed by atoms with E-state index in [-0.39, 0.29) is 11.9 Å². The van der Waals surface area contributed by atoms with E-state index in [1.54, 1.807) is 25.3 Å². The van der Waals surface area contributed by atoms with Gasteiger partial charge in [0, 0.05) is 30.0 Å². The fourth-order valence-electron chi connectivity index (χ4n) is 5.06. The van der Waals surface area contributed by atoms with Gasteiger partial charge in [0.25, 0.3) is 5.91 Å². The van der Waals surface area contributed by atoms with Gasteiger partial charge in [-0.1, -0.05) is 23.7 Å². The van der Waals surface area contributed by atoms with E-state index in [2.05, 4.69) is 23.4 Å². The maximum absolute atomic E-state index is 14.2. The van der Waals surface area contributed by atoms with E-state index in [1.165, 1.54) is 5.01 Å². The minimum Gasteiger partial charge on any atom is -0.480 e. The summed E-state index contributed by atoms with van der Waals surface area (Å²) in [5, 5.41) is 2.06. The number of aromatic nitrogens is 3. The third kappa shape index (κ3) is 4.04. The minimum atomic E-state index is -0.472. The van der Waals surface area contributed by atoms with Crippen LogP contribution >= 0.6 is 11.6 Å². The zero-order valence-electron chi connectivity index (χ0n) is 21.9. The number of carbonyl (C=O) groups excluding carboxylic acids is 1. The van der Waals surface area contributed by atoms with E-state index in [4.69, 9.17) is 32.9 Å². The number of hydrogen-bond donors (Lipinski definition) is 2. The molecule has 1 amide bonds. The third-order valence-corrected chi connectivity index (χ3v) is 7.05. The highest BCUT2D eigenvalue weighted by Crippen LogP contribution is 2.46. The van der Waals surface area contributed by atoms with Gasteiger partial charge < -0.3 is 20.0 Å². The van der Waals surface area contributed by atoms with Crippen molar-refractivity contribution in [1.82, 2.24) is 14.5 Å². The van der Waals surface area contributed by atoms with E-state index < -0.39 is 6.04 Å². The Morgan fingerprint density at radius 3 is 2.50 bits per heavy atom. The number of imidazole rings is 1. The predicted molar refractivity (Wildman–Crippen MR) is 151 cm³/mol. The molecule has 1 unspecified atom stereocenters. The van der Waals surface area contributed by atoms with Crippen LogP contribution in [-0.2, 0) is 0 Å². The molecule has 2 aromatic heterocycles. The second kappa shape index (κ2) is 9.66. The lowest BCUT2D eigenvalue weighted by atomic mass is 10.0. The SMILES string of the molecule is COc1ncccc1-c1nc2c(n1C(C)C)C(c1ccc(Cl)cc1)N(c1cc(C)c(N)c(N(C)N)c1)C2=O. The van der Waals surface area contributed by atoms with Gasteiger partial charge >= 0.3 is 0 Å². The average molecular weight is 532 g/mol. The number of aryl methyl sites for hydroxylation is 1. The molecule has 5 rings (SSSR count). The molecule has 0 saturated heterocycles. The highest BCUT2D eigenvalue weighted by atomic mass is 35.5. The van der Waals surface area contributed by atoms with Crippen molar-refractivity contribution < 1.29 is 9.53 Å². The zero-order chi connectivity index (χ0) is 27.3. The van der Waals surface area contributed by atoms with Crippen molar-refractivity contribution in [3.8, 4) is 17.3 Å². The number of pyridine rings is 1. The number of hydrazine groups is 1. The Hall–Kier alpha value is -4.08. The number of benzene rings is 2. The Kier molecular flexibility index (Phi) is 6.50. The second-order valence-electron chi connectivity index (χ2n) is 9.63. The number of nitrogen functional groups attached to an aromatic ring is 1. The third-order valence-electron chi connectivity index (χ3n) is 6.80. The quantitative estimate of drug-likeness (QED) is 0.201. The van der Waals surface area contributed by atoms with Gasteiger partial charge in [0.15, 0.2) is 5.69 Å². The summed E-state index contributed by atoms with van der Waals surface area (Å²) in [6, 6.07) is 14.5. The standard InChI is InChI=1S/C28H30ClN7O2/c1-15(2)35-25-23(33-26(35)20-7-6-12-32-27(20)38-5)28(37)36(24(25)17-8-10-18(29)11-9-17)19-13-16(3)22(30)21(14-19)34(4)31/h6-15,24H,30-31H2,1-5H3. The number of fused-ring (bicyclic) bond motifs is 1. The number of anilines is 3. The van der Waals surface area contributed by atoms with Gasteiger partial charge in [-0.05, 0) is 68.3 Å². The number of rotatable bonds is 6. The summed E-state index contributed by atoms with van der Waals surface area (Å²) in [6.45, 7) is 6.03. The average Bonchev–Trinajstić information content (AvgIpc) is 3.41. The van der Waals surface area contributed by atoms with Gasteiger partial charge in [0.05, 0.1) is 29.7 Å². The van der Waals surface area contributed by atoms with Crippen LogP contribution in [-0.4, -0.2) is 34.6 Å². The lowest BCUT2D eigenvalue weighted by Gasteiger charge is -2.30. The first kappa shape index (κ1) is 25.6. The molecule has 0 saturated carbocycles. The summed E-state index contributed by atoms with van der Waals surface area (Å²) in [5.41, 5.74) is 11.7. The van der Waals surface area contributed by atoms with E-state index in [0.29, 0.717) is 45.0 Å². The van der Waals surface area contributed by atoms with Crippen LogP contribution in [0.2, 0.25) is 5.02 Å². The van der Waals surface area contributed by atoms with Crippen LogP contribution in [0.4, 0.5) is 17.1 Å². The van der Waals surface area contributed by atoms with Crippen LogP contribution in [0, 0.1) is 6.92 Å².